The molecule has 0 saturated heterocycles. The number of unbranched alkanes of at least 4 members (excludes halogenated alkanes) is 1. The average Bonchev–Trinajstić information content (AvgIpc) is 2.78. The molecule has 0 aromatic heterocycles. The number of nitrogens with one attached hydrogen (secondary N) is 1. The lowest BCUT2D eigenvalue weighted by molar-refractivity contribution is -0.139. The third-order valence-corrected chi connectivity index (χ3v) is 7.55. The summed E-state index contributed by atoms with van der Waals surface area (Å²) in [5.74, 6) is -0.893. The van der Waals surface area contributed by atoms with Crippen molar-refractivity contribution in [2.45, 2.75) is 46.2 Å². The van der Waals surface area contributed by atoms with E-state index in [4.69, 9.17) is 34.8 Å². The summed E-state index contributed by atoms with van der Waals surface area (Å²) in [5, 5.41) is 3.83. The van der Waals surface area contributed by atoms with Crippen molar-refractivity contribution in [3.05, 3.63) is 62.6 Å². The van der Waals surface area contributed by atoms with Gasteiger partial charge in [0.05, 0.1) is 22.0 Å². The van der Waals surface area contributed by atoms with Crippen LogP contribution in [0.25, 0.3) is 0 Å². The van der Waals surface area contributed by atoms with Gasteiger partial charge in [-0.3, -0.25) is 13.9 Å². The van der Waals surface area contributed by atoms with Crippen molar-refractivity contribution in [1.82, 2.24) is 10.2 Å². The molecule has 1 atom stereocenters. The zero-order valence-corrected chi connectivity index (χ0v) is 23.2. The fourth-order valence-electron chi connectivity index (χ4n) is 3.40. The average molecular weight is 563 g/mol. The molecule has 192 valence electrons. The van der Waals surface area contributed by atoms with Crippen molar-refractivity contribution >= 4 is 62.3 Å². The normalized spacial score (nSPS) is 12.2. The molecule has 7 nitrogen and oxygen atoms in total. The summed E-state index contributed by atoms with van der Waals surface area (Å²) in [4.78, 5) is 27.7. The largest absolute Gasteiger partial charge is 0.354 e. The van der Waals surface area contributed by atoms with Gasteiger partial charge in [0.2, 0.25) is 21.8 Å². The molecule has 0 radical (unpaired) electrons. The Bertz CT molecular complexity index is 1170. The third kappa shape index (κ3) is 8.27. The Hall–Kier alpha value is -2.00. The van der Waals surface area contributed by atoms with E-state index in [0.717, 1.165) is 23.4 Å². The number of sulfonamides is 1. The predicted molar refractivity (Wildman–Crippen MR) is 143 cm³/mol. The van der Waals surface area contributed by atoms with Crippen molar-refractivity contribution in [2.24, 2.45) is 0 Å². The number of rotatable bonds is 11. The lowest BCUT2D eigenvalue weighted by atomic mass is 10.1. The Morgan fingerprint density at radius 1 is 1.06 bits per heavy atom. The molecule has 2 rings (SSSR count). The third-order valence-electron chi connectivity index (χ3n) is 5.45. The topological polar surface area (TPSA) is 86.8 Å². The van der Waals surface area contributed by atoms with Crippen molar-refractivity contribution in [1.29, 1.82) is 0 Å². The van der Waals surface area contributed by atoms with E-state index in [0.29, 0.717) is 38.4 Å². The van der Waals surface area contributed by atoms with Gasteiger partial charge in [0.1, 0.15) is 12.6 Å². The highest BCUT2D eigenvalue weighted by molar-refractivity contribution is 7.92. The minimum Gasteiger partial charge on any atom is -0.354 e. The van der Waals surface area contributed by atoms with Crippen molar-refractivity contribution in [2.75, 3.05) is 23.7 Å². The lowest BCUT2D eigenvalue weighted by Crippen LogP contribution is -2.51. The first-order valence-electron chi connectivity index (χ1n) is 11.1. The zero-order valence-electron chi connectivity index (χ0n) is 20.1. The maximum absolute atomic E-state index is 13.5. The monoisotopic (exact) mass is 561 g/mol. The summed E-state index contributed by atoms with van der Waals surface area (Å²) in [6.45, 7) is 5.34. The number of benzene rings is 2. The minimum absolute atomic E-state index is 0.0320. The van der Waals surface area contributed by atoms with Gasteiger partial charge in [-0.05, 0) is 55.7 Å². The van der Waals surface area contributed by atoms with Crippen LogP contribution in [0.15, 0.2) is 36.4 Å². The van der Waals surface area contributed by atoms with Crippen LogP contribution >= 0.6 is 34.8 Å². The van der Waals surface area contributed by atoms with E-state index in [1.54, 1.807) is 44.2 Å². The van der Waals surface area contributed by atoms with Crippen LogP contribution < -0.4 is 9.62 Å². The maximum Gasteiger partial charge on any atom is 0.244 e. The van der Waals surface area contributed by atoms with Gasteiger partial charge in [-0.1, -0.05) is 60.3 Å². The molecule has 2 aromatic carbocycles. The van der Waals surface area contributed by atoms with Gasteiger partial charge in [0, 0.05) is 18.1 Å². The highest BCUT2D eigenvalue weighted by Crippen LogP contribution is 2.27. The summed E-state index contributed by atoms with van der Waals surface area (Å²) < 4.78 is 26.3. The van der Waals surface area contributed by atoms with E-state index < -0.39 is 28.5 Å². The Kier molecular flexibility index (Phi) is 10.7. The van der Waals surface area contributed by atoms with Crippen molar-refractivity contribution in [3.63, 3.8) is 0 Å². The first kappa shape index (κ1) is 29.2. The van der Waals surface area contributed by atoms with Gasteiger partial charge in [0.15, 0.2) is 0 Å². The molecule has 2 amide bonds. The molecule has 0 unspecified atom stereocenters. The molecule has 11 heteroatoms. The highest BCUT2D eigenvalue weighted by Gasteiger charge is 2.30. The first-order chi connectivity index (χ1) is 16.3. The van der Waals surface area contributed by atoms with Crippen LogP contribution in [0.1, 0.15) is 37.8 Å². The van der Waals surface area contributed by atoms with Crippen LogP contribution in [-0.4, -0.2) is 50.5 Å². The number of amides is 2. The second kappa shape index (κ2) is 12.8. The Balaban J connectivity index is 2.42. The van der Waals surface area contributed by atoms with Crippen molar-refractivity contribution in [3.8, 4) is 0 Å². The van der Waals surface area contributed by atoms with E-state index in [-0.39, 0.29) is 12.5 Å². The quantitative estimate of drug-likeness (QED) is 0.388. The predicted octanol–water partition coefficient (Wildman–Crippen LogP) is 5.05. The van der Waals surface area contributed by atoms with Crippen LogP contribution in [0.4, 0.5) is 5.69 Å². The smallest absolute Gasteiger partial charge is 0.244 e. The Morgan fingerprint density at radius 2 is 1.74 bits per heavy atom. The standard InChI is InChI=1S/C24H30Cl3N3O4S/c1-5-6-11-28-24(32)17(3)29(14-18-8-10-20(26)21(27)12-18)23(31)15-30(35(4,33)34)22-13-19(25)9-7-16(22)2/h7-10,12-13,17H,5-6,11,14-15H2,1-4H3,(H,28,32)/t17-/m0/s1. The second-order valence-electron chi connectivity index (χ2n) is 8.29. The van der Waals surface area contributed by atoms with E-state index in [9.17, 15) is 18.0 Å². The van der Waals surface area contributed by atoms with Gasteiger partial charge in [0.25, 0.3) is 0 Å². The highest BCUT2D eigenvalue weighted by atomic mass is 35.5. The van der Waals surface area contributed by atoms with Crippen LogP contribution in [-0.2, 0) is 26.2 Å². The minimum atomic E-state index is -3.85. The van der Waals surface area contributed by atoms with E-state index in [1.807, 2.05) is 6.92 Å². The number of hydrogen-bond acceptors (Lipinski definition) is 4. The Labute approximate surface area is 222 Å². The molecule has 0 aliphatic heterocycles. The van der Waals surface area contributed by atoms with Crippen molar-refractivity contribution < 1.29 is 18.0 Å². The van der Waals surface area contributed by atoms with E-state index >= 15 is 0 Å². The molecule has 0 fully saturated rings. The molecule has 0 saturated carbocycles. The summed E-state index contributed by atoms with van der Waals surface area (Å²) in [6, 6.07) is 8.86. The summed E-state index contributed by atoms with van der Waals surface area (Å²) in [7, 11) is -3.85. The van der Waals surface area contributed by atoms with Gasteiger partial charge >= 0.3 is 0 Å². The molecule has 2 aromatic rings. The number of carbonyl (C=O) groups is 2. The number of carbonyl (C=O) groups excluding carboxylic acids is 2. The zero-order chi connectivity index (χ0) is 26.3. The van der Waals surface area contributed by atoms with Gasteiger partial charge in [-0.2, -0.15) is 0 Å². The molecule has 0 aliphatic carbocycles. The molecule has 1 N–H and O–H groups in total. The summed E-state index contributed by atoms with van der Waals surface area (Å²) >= 11 is 18.3. The molecule has 0 heterocycles. The van der Waals surface area contributed by atoms with Gasteiger partial charge in [-0.25, -0.2) is 8.42 Å². The molecule has 0 aliphatic rings. The Morgan fingerprint density at radius 3 is 2.34 bits per heavy atom. The molecule has 0 bridgehead atoms. The molecule has 0 spiro atoms. The van der Waals surface area contributed by atoms with Crippen LogP contribution in [0, 0.1) is 6.92 Å². The van der Waals surface area contributed by atoms with Crippen LogP contribution in [0.3, 0.4) is 0 Å². The molecular formula is C24H30Cl3N3O4S. The van der Waals surface area contributed by atoms with Crippen LogP contribution in [0.2, 0.25) is 15.1 Å². The number of anilines is 1. The van der Waals surface area contributed by atoms with Gasteiger partial charge in [-0.15, -0.1) is 0 Å². The number of halogens is 3. The number of aryl methyl sites for hydroxylation is 1. The SMILES string of the molecule is CCCCNC(=O)[C@H](C)N(Cc1ccc(Cl)c(Cl)c1)C(=O)CN(c1cc(Cl)ccc1C)S(C)(=O)=O. The summed E-state index contributed by atoms with van der Waals surface area (Å²) in [6.07, 6.45) is 2.73. The number of nitrogens with zero attached hydrogens (tertiary/aromatic N) is 2. The second-order valence-corrected chi connectivity index (χ2v) is 11.4. The number of hydrogen-bond donors (Lipinski definition) is 1. The van der Waals surface area contributed by atoms with E-state index in [1.165, 1.54) is 11.0 Å². The lowest BCUT2D eigenvalue weighted by Gasteiger charge is -2.32. The van der Waals surface area contributed by atoms with Crippen LogP contribution in [0.5, 0.6) is 0 Å². The van der Waals surface area contributed by atoms with Gasteiger partial charge < -0.3 is 10.2 Å². The fourth-order valence-corrected chi connectivity index (χ4v) is 4.79. The molecular weight excluding hydrogens is 533 g/mol. The molecule has 35 heavy (non-hydrogen) atoms. The maximum atomic E-state index is 13.5. The summed E-state index contributed by atoms with van der Waals surface area (Å²) in [5.41, 5.74) is 1.57. The van der Waals surface area contributed by atoms with E-state index in [2.05, 4.69) is 5.32 Å². The first-order valence-corrected chi connectivity index (χ1v) is 14.1. The fraction of sp³-hybridized carbons (Fsp3) is 0.417.